The Kier molecular flexibility index (Phi) is 7.88. The lowest BCUT2D eigenvalue weighted by atomic mass is 9.75. The van der Waals surface area contributed by atoms with Gasteiger partial charge < -0.3 is 0 Å². The Balaban J connectivity index is 2.12. The summed E-state index contributed by atoms with van der Waals surface area (Å²) in [6.07, 6.45) is 4.64. The van der Waals surface area contributed by atoms with E-state index in [1.54, 1.807) is 6.92 Å². The number of Topliss-reactive ketones (excluding diaryl/α,β-unsaturated/α-hetero) is 1. The van der Waals surface area contributed by atoms with Crippen LogP contribution in [0.4, 0.5) is 0 Å². The molecule has 2 aromatic carbocycles. The molecule has 1 aliphatic carbocycles. The quantitative estimate of drug-likeness (QED) is 0.466. The molecular formula is C27H38O2P+. The second kappa shape index (κ2) is 10.2. The van der Waals surface area contributed by atoms with Crippen molar-refractivity contribution < 1.29 is 9.32 Å². The van der Waals surface area contributed by atoms with E-state index in [9.17, 15) is 4.79 Å². The first-order valence-corrected chi connectivity index (χ1v) is 13.4. The lowest BCUT2D eigenvalue weighted by Crippen LogP contribution is -2.39. The Labute approximate surface area is 183 Å². The lowest BCUT2D eigenvalue weighted by Gasteiger charge is -2.40. The van der Waals surface area contributed by atoms with Crippen LogP contribution < -0.4 is 10.6 Å². The minimum absolute atomic E-state index is 0.0303. The van der Waals surface area contributed by atoms with Gasteiger partial charge in [0.1, 0.15) is 28.7 Å². The fourth-order valence-corrected chi connectivity index (χ4v) is 8.93. The third kappa shape index (κ3) is 5.21. The van der Waals surface area contributed by atoms with E-state index in [4.69, 9.17) is 4.52 Å². The topological polar surface area (TPSA) is 26.3 Å². The molecule has 2 nitrogen and oxygen atoms in total. The maximum atomic E-state index is 12.4. The molecule has 162 valence electrons. The number of ketones is 1. The van der Waals surface area contributed by atoms with Crippen molar-refractivity contribution in [2.45, 2.75) is 60.0 Å². The second-order valence-corrected chi connectivity index (χ2v) is 12.7. The molecule has 0 saturated heterocycles. The molecule has 3 heteroatoms. The van der Waals surface area contributed by atoms with E-state index in [-0.39, 0.29) is 17.8 Å². The predicted molar refractivity (Wildman–Crippen MR) is 130 cm³/mol. The van der Waals surface area contributed by atoms with Crippen molar-refractivity contribution in [3.63, 3.8) is 0 Å². The molecule has 1 unspecified atom stereocenters. The maximum absolute atomic E-state index is 12.4. The molecule has 1 aliphatic rings. The Morgan fingerprint density at radius 2 is 1.50 bits per heavy atom. The van der Waals surface area contributed by atoms with E-state index in [1.165, 1.54) is 23.5 Å². The molecule has 0 amide bonds. The molecule has 1 saturated carbocycles. The molecule has 30 heavy (non-hydrogen) atoms. The maximum Gasteiger partial charge on any atom is 0.211 e. The summed E-state index contributed by atoms with van der Waals surface area (Å²) in [5.41, 5.74) is 0. The molecule has 0 aliphatic heterocycles. The summed E-state index contributed by atoms with van der Waals surface area (Å²) in [5, 5.41) is 2.51. The van der Waals surface area contributed by atoms with Crippen molar-refractivity contribution in [2.24, 2.45) is 23.7 Å². The Hall–Kier alpha value is -1.50. The van der Waals surface area contributed by atoms with Gasteiger partial charge in [0, 0.05) is 0 Å². The van der Waals surface area contributed by atoms with Crippen LogP contribution in [0.2, 0.25) is 0 Å². The molecule has 2 aromatic rings. The summed E-state index contributed by atoms with van der Waals surface area (Å²) in [4.78, 5) is 12.4. The number of rotatable bonds is 8. The number of carbonyl (C=O) groups excluding carboxylic acids is 1. The highest BCUT2D eigenvalue weighted by Gasteiger charge is 2.51. The average Bonchev–Trinajstić information content (AvgIpc) is 2.74. The summed E-state index contributed by atoms with van der Waals surface area (Å²) in [6.45, 7) is 10.8. The smallest absolute Gasteiger partial charge is 0.211 e. The van der Waals surface area contributed by atoms with Gasteiger partial charge in [0.2, 0.25) is 7.49 Å². The third-order valence-electron chi connectivity index (χ3n) is 6.85. The number of hydrogen-bond acceptors (Lipinski definition) is 2. The van der Waals surface area contributed by atoms with E-state index in [0.717, 1.165) is 12.6 Å². The Bertz CT molecular complexity index is 763. The van der Waals surface area contributed by atoms with E-state index < -0.39 is 7.49 Å². The van der Waals surface area contributed by atoms with Crippen molar-refractivity contribution in [1.29, 1.82) is 0 Å². The summed E-state index contributed by atoms with van der Waals surface area (Å²) in [6, 6.07) is 21.4. The van der Waals surface area contributed by atoms with Crippen LogP contribution in [0, 0.1) is 23.7 Å². The summed E-state index contributed by atoms with van der Waals surface area (Å²) < 4.78 is 7.38. The van der Waals surface area contributed by atoms with E-state index in [0.29, 0.717) is 17.8 Å². The van der Waals surface area contributed by atoms with Gasteiger partial charge in [-0.2, -0.15) is 0 Å². The van der Waals surface area contributed by atoms with E-state index in [2.05, 4.69) is 88.4 Å². The first kappa shape index (κ1) is 23.2. The highest BCUT2D eigenvalue weighted by atomic mass is 31.2. The first-order chi connectivity index (χ1) is 14.3. The van der Waals surface area contributed by atoms with Crippen LogP contribution >= 0.6 is 7.49 Å². The van der Waals surface area contributed by atoms with Crippen LogP contribution in [0.25, 0.3) is 0 Å². The van der Waals surface area contributed by atoms with Gasteiger partial charge in [0.05, 0.1) is 5.92 Å². The molecule has 0 radical (unpaired) electrons. The minimum Gasteiger partial charge on any atom is -0.300 e. The van der Waals surface area contributed by atoms with Crippen LogP contribution in [0.1, 0.15) is 53.9 Å². The van der Waals surface area contributed by atoms with E-state index in [1.807, 2.05) is 0 Å². The van der Waals surface area contributed by atoms with E-state index >= 15 is 0 Å². The van der Waals surface area contributed by atoms with Crippen LogP contribution in [0.15, 0.2) is 60.7 Å². The highest BCUT2D eigenvalue weighted by molar-refractivity contribution is 7.85. The summed E-state index contributed by atoms with van der Waals surface area (Å²) >= 11 is 0. The highest BCUT2D eigenvalue weighted by Crippen LogP contribution is 2.61. The van der Waals surface area contributed by atoms with Crippen molar-refractivity contribution in [1.82, 2.24) is 0 Å². The van der Waals surface area contributed by atoms with Crippen LogP contribution in [0.3, 0.4) is 0 Å². The van der Waals surface area contributed by atoms with Gasteiger partial charge in [-0.3, -0.25) is 4.79 Å². The lowest BCUT2D eigenvalue weighted by molar-refractivity contribution is -0.119. The third-order valence-corrected chi connectivity index (χ3v) is 10.8. The largest absolute Gasteiger partial charge is 0.300 e. The summed E-state index contributed by atoms with van der Waals surface area (Å²) in [5.74, 6) is 2.06. The Morgan fingerprint density at radius 1 is 0.967 bits per heavy atom. The Morgan fingerprint density at radius 3 is 1.97 bits per heavy atom. The molecule has 0 aromatic heterocycles. The van der Waals surface area contributed by atoms with Crippen molar-refractivity contribution in [3.8, 4) is 0 Å². The molecule has 1 fully saturated rings. The van der Waals surface area contributed by atoms with Crippen LogP contribution in [0.5, 0.6) is 0 Å². The van der Waals surface area contributed by atoms with Gasteiger partial charge in [-0.05, 0) is 61.8 Å². The van der Waals surface area contributed by atoms with Gasteiger partial charge >= 0.3 is 0 Å². The SMILES string of the molecule is CC(=O)C(C)C[P+](O[C@@H]1C[C@H](C)CC[C@H]1C(C)C)(c1ccccc1)c1ccccc1. The zero-order valence-corrected chi connectivity index (χ0v) is 20.1. The molecular weight excluding hydrogens is 387 g/mol. The summed E-state index contributed by atoms with van der Waals surface area (Å²) in [7, 11) is -2.20. The number of carbonyl (C=O) groups is 1. The number of benzene rings is 2. The van der Waals surface area contributed by atoms with Crippen molar-refractivity contribution >= 4 is 23.9 Å². The van der Waals surface area contributed by atoms with Crippen molar-refractivity contribution in [2.75, 3.05) is 6.16 Å². The molecule has 0 spiro atoms. The van der Waals surface area contributed by atoms with Gasteiger partial charge in [-0.15, -0.1) is 0 Å². The minimum atomic E-state index is -2.20. The fraction of sp³-hybridized carbons (Fsp3) is 0.519. The molecule has 3 rings (SSSR count). The molecule has 0 heterocycles. The van der Waals surface area contributed by atoms with Crippen molar-refractivity contribution in [3.05, 3.63) is 60.7 Å². The van der Waals surface area contributed by atoms with Crippen LogP contribution in [-0.2, 0) is 9.32 Å². The zero-order valence-electron chi connectivity index (χ0n) is 19.3. The second-order valence-electron chi connectivity index (χ2n) is 9.58. The molecule has 0 bridgehead atoms. The van der Waals surface area contributed by atoms with Gasteiger partial charge in [-0.1, -0.05) is 70.5 Å². The normalized spacial score (nSPS) is 23.3. The number of hydrogen-bond donors (Lipinski definition) is 0. The molecule has 0 N–H and O–H groups in total. The van der Waals surface area contributed by atoms with Crippen LogP contribution in [-0.4, -0.2) is 18.0 Å². The van der Waals surface area contributed by atoms with Gasteiger partial charge in [0.25, 0.3) is 0 Å². The monoisotopic (exact) mass is 425 g/mol. The average molecular weight is 426 g/mol. The standard InChI is InChI=1S/C27H38O2P/c1-20(2)26-17-16-21(3)18-27(26)29-30(19-22(4)23(5)28,24-12-8-6-9-13-24)25-14-10-7-11-15-25/h6-15,20-22,26-27H,16-19H2,1-5H3/q+1/t21-,22?,26+,27-/m1/s1. The first-order valence-electron chi connectivity index (χ1n) is 11.5. The predicted octanol–water partition coefficient (Wildman–Crippen LogP) is 6.27. The van der Waals surface area contributed by atoms with Gasteiger partial charge in [0.15, 0.2) is 0 Å². The van der Waals surface area contributed by atoms with Gasteiger partial charge in [-0.25, -0.2) is 4.52 Å². The zero-order chi connectivity index (χ0) is 21.7. The fourth-order valence-electron chi connectivity index (χ4n) is 4.84. The molecule has 4 atom stereocenters.